The highest BCUT2D eigenvalue weighted by Gasteiger charge is 2.07. The molecule has 0 aliphatic carbocycles. The molecule has 4 nitrogen and oxygen atoms in total. The molecule has 1 aromatic heterocycles. The number of aliphatic hydroxyl groups is 1. The quantitative estimate of drug-likeness (QED) is 0.809. The van der Waals surface area contributed by atoms with E-state index in [-0.39, 0.29) is 6.61 Å². The van der Waals surface area contributed by atoms with Gasteiger partial charge in [0.05, 0.1) is 6.61 Å². The van der Waals surface area contributed by atoms with Crippen molar-refractivity contribution in [2.75, 3.05) is 39.1 Å². The van der Waals surface area contributed by atoms with E-state index in [1.165, 1.54) is 0 Å². The summed E-state index contributed by atoms with van der Waals surface area (Å²) in [5.74, 6) is 0. The van der Waals surface area contributed by atoms with Crippen LogP contribution in [0, 0.1) is 6.92 Å². The maximum atomic E-state index is 9.30. The molecule has 0 atom stereocenters. The molecule has 17 heavy (non-hydrogen) atoms. The van der Waals surface area contributed by atoms with Crippen LogP contribution in [0.4, 0.5) is 5.69 Å². The zero-order chi connectivity index (χ0) is 12.8. The number of aliphatic hydroxyl groups excluding tert-OH is 1. The van der Waals surface area contributed by atoms with Crippen LogP contribution in [0.25, 0.3) is 0 Å². The van der Waals surface area contributed by atoms with Gasteiger partial charge in [-0.05, 0) is 40.1 Å². The van der Waals surface area contributed by atoms with Gasteiger partial charge in [-0.2, -0.15) is 0 Å². The van der Waals surface area contributed by atoms with Crippen molar-refractivity contribution in [1.82, 2.24) is 9.88 Å². The Morgan fingerprint density at radius 2 is 1.94 bits per heavy atom. The van der Waals surface area contributed by atoms with E-state index in [2.05, 4.69) is 35.9 Å². The van der Waals surface area contributed by atoms with Gasteiger partial charge < -0.3 is 14.9 Å². The van der Waals surface area contributed by atoms with Crippen molar-refractivity contribution in [2.45, 2.75) is 20.0 Å². The molecular weight excluding hydrogens is 214 g/mol. The first kappa shape index (κ1) is 13.9. The zero-order valence-corrected chi connectivity index (χ0v) is 11.3. The summed E-state index contributed by atoms with van der Waals surface area (Å²) in [6, 6.07) is 2.03. The maximum absolute atomic E-state index is 9.30. The first-order valence-corrected chi connectivity index (χ1v) is 5.97. The van der Waals surface area contributed by atoms with Crippen molar-refractivity contribution in [3.8, 4) is 0 Å². The van der Waals surface area contributed by atoms with Gasteiger partial charge in [0.2, 0.25) is 0 Å². The van der Waals surface area contributed by atoms with Crippen LogP contribution < -0.4 is 4.90 Å². The minimum absolute atomic E-state index is 0.0423. The molecular formula is C13H23N3O. The second-order valence-electron chi connectivity index (χ2n) is 4.69. The molecule has 0 amide bonds. The van der Waals surface area contributed by atoms with E-state index in [1.54, 1.807) is 6.20 Å². The Kier molecular flexibility index (Phi) is 5.38. The fourth-order valence-corrected chi connectivity index (χ4v) is 1.80. The third kappa shape index (κ3) is 4.32. The lowest BCUT2D eigenvalue weighted by Gasteiger charge is -2.23. The molecule has 0 aliphatic rings. The number of pyridine rings is 1. The van der Waals surface area contributed by atoms with Gasteiger partial charge in [-0.3, -0.25) is 4.98 Å². The Morgan fingerprint density at radius 3 is 2.53 bits per heavy atom. The van der Waals surface area contributed by atoms with E-state index in [4.69, 9.17) is 0 Å². The first-order chi connectivity index (χ1) is 8.04. The van der Waals surface area contributed by atoms with E-state index in [1.807, 2.05) is 13.0 Å². The smallest absolute Gasteiger partial charge is 0.0717 e. The van der Waals surface area contributed by atoms with Gasteiger partial charge in [0.15, 0.2) is 0 Å². The second-order valence-corrected chi connectivity index (χ2v) is 4.69. The van der Waals surface area contributed by atoms with Crippen LogP contribution in [0.2, 0.25) is 0 Å². The molecule has 0 saturated heterocycles. The Hall–Kier alpha value is -1.13. The van der Waals surface area contributed by atoms with E-state index < -0.39 is 0 Å². The summed E-state index contributed by atoms with van der Waals surface area (Å²) in [6.45, 7) is 4.07. The molecule has 1 rings (SSSR count). The molecule has 4 heteroatoms. The lowest BCUT2D eigenvalue weighted by atomic mass is 10.2. The van der Waals surface area contributed by atoms with Crippen LogP contribution in [0.5, 0.6) is 0 Å². The average molecular weight is 237 g/mol. The number of aromatic nitrogens is 1. The van der Waals surface area contributed by atoms with Gasteiger partial charge in [-0.1, -0.05) is 0 Å². The summed E-state index contributed by atoms with van der Waals surface area (Å²) in [5, 5.41) is 9.30. The number of aryl methyl sites for hydroxylation is 1. The standard InChI is InChI=1S/C13H23N3O/c1-11-8-13(12(10-17)9-14-11)16(4)7-5-6-15(2)3/h8-9,17H,5-7,10H2,1-4H3. The summed E-state index contributed by atoms with van der Waals surface area (Å²) >= 11 is 0. The molecule has 96 valence electrons. The van der Waals surface area contributed by atoms with Crippen LogP contribution >= 0.6 is 0 Å². The predicted octanol–water partition coefficient (Wildman–Crippen LogP) is 1.27. The van der Waals surface area contributed by atoms with Crippen molar-refractivity contribution >= 4 is 5.69 Å². The third-order valence-corrected chi connectivity index (χ3v) is 2.78. The third-order valence-electron chi connectivity index (χ3n) is 2.78. The van der Waals surface area contributed by atoms with Gasteiger partial charge in [0.25, 0.3) is 0 Å². The fraction of sp³-hybridized carbons (Fsp3) is 0.615. The van der Waals surface area contributed by atoms with Gasteiger partial charge in [-0.25, -0.2) is 0 Å². The maximum Gasteiger partial charge on any atom is 0.0717 e. The van der Waals surface area contributed by atoms with Crippen LogP contribution in [0.3, 0.4) is 0 Å². The number of hydrogen-bond acceptors (Lipinski definition) is 4. The molecule has 0 fully saturated rings. The number of anilines is 1. The minimum Gasteiger partial charge on any atom is -0.392 e. The number of rotatable bonds is 6. The number of hydrogen-bond donors (Lipinski definition) is 1. The zero-order valence-electron chi connectivity index (χ0n) is 11.3. The van der Waals surface area contributed by atoms with E-state index in [0.29, 0.717) is 0 Å². The van der Waals surface area contributed by atoms with Crippen LogP contribution in [0.1, 0.15) is 17.7 Å². The fourth-order valence-electron chi connectivity index (χ4n) is 1.80. The Bertz CT molecular complexity index is 353. The molecule has 0 unspecified atom stereocenters. The second kappa shape index (κ2) is 6.57. The predicted molar refractivity (Wildman–Crippen MR) is 71.3 cm³/mol. The molecule has 1 heterocycles. The largest absolute Gasteiger partial charge is 0.392 e. The highest BCUT2D eigenvalue weighted by atomic mass is 16.3. The Balaban J connectivity index is 2.66. The highest BCUT2D eigenvalue weighted by Crippen LogP contribution is 2.19. The summed E-state index contributed by atoms with van der Waals surface area (Å²) in [5.41, 5.74) is 2.96. The van der Waals surface area contributed by atoms with Crippen LogP contribution in [-0.2, 0) is 6.61 Å². The molecule has 1 N–H and O–H groups in total. The summed E-state index contributed by atoms with van der Waals surface area (Å²) in [7, 11) is 6.22. The monoisotopic (exact) mass is 237 g/mol. The Morgan fingerprint density at radius 1 is 1.24 bits per heavy atom. The minimum atomic E-state index is 0.0423. The average Bonchev–Trinajstić information content (AvgIpc) is 2.28. The number of nitrogens with zero attached hydrogens (tertiary/aromatic N) is 3. The van der Waals surface area contributed by atoms with Crippen LogP contribution in [0.15, 0.2) is 12.3 Å². The van der Waals surface area contributed by atoms with E-state index in [9.17, 15) is 5.11 Å². The molecule has 0 radical (unpaired) electrons. The van der Waals surface area contributed by atoms with Crippen molar-refractivity contribution in [3.63, 3.8) is 0 Å². The molecule has 0 spiro atoms. The van der Waals surface area contributed by atoms with Gasteiger partial charge in [0, 0.05) is 36.7 Å². The summed E-state index contributed by atoms with van der Waals surface area (Å²) in [4.78, 5) is 8.57. The molecule has 0 aromatic carbocycles. The molecule has 0 bridgehead atoms. The SMILES string of the molecule is Cc1cc(N(C)CCCN(C)C)c(CO)cn1. The molecule has 1 aromatic rings. The lowest BCUT2D eigenvalue weighted by Crippen LogP contribution is -2.24. The van der Waals surface area contributed by atoms with Crippen molar-refractivity contribution in [3.05, 3.63) is 23.5 Å². The molecule has 0 aliphatic heterocycles. The van der Waals surface area contributed by atoms with Crippen molar-refractivity contribution in [2.24, 2.45) is 0 Å². The highest BCUT2D eigenvalue weighted by molar-refractivity contribution is 5.52. The van der Waals surface area contributed by atoms with Crippen LogP contribution in [-0.4, -0.2) is 49.2 Å². The van der Waals surface area contributed by atoms with Gasteiger partial charge in [0.1, 0.15) is 0 Å². The first-order valence-electron chi connectivity index (χ1n) is 5.97. The Labute approximate surface area is 104 Å². The topological polar surface area (TPSA) is 39.6 Å². The normalized spacial score (nSPS) is 10.9. The molecule has 0 saturated carbocycles. The van der Waals surface area contributed by atoms with E-state index in [0.717, 1.165) is 36.5 Å². The summed E-state index contributed by atoms with van der Waals surface area (Å²) < 4.78 is 0. The summed E-state index contributed by atoms with van der Waals surface area (Å²) in [6.07, 6.45) is 2.86. The van der Waals surface area contributed by atoms with E-state index >= 15 is 0 Å². The van der Waals surface area contributed by atoms with Crippen molar-refractivity contribution in [1.29, 1.82) is 0 Å². The lowest BCUT2D eigenvalue weighted by molar-refractivity contribution is 0.281. The van der Waals surface area contributed by atoms with Gasteiger partial charge in [-0.15, -0.1) is 0 Å². The van der Waals surface area contributed by atoms with Gasteiger partial charge >= 0.3 is 0 Å². The van der Waals surface area contributed by atoms with Crippen molar-refractivity contribution < 1.29 is 5.11 Å².